The molecule has 0 saturated heterocycles. The summed E-state index contributed by atoms with van der Waals surface area (Å²) in [6.45, 7) is 12.9. The number of aryl methyl sites for hydroxylation is 3. The number of amides is 1. The second-order valence-electron chi connectivity index (χ2n) is 14.5. The van der Waals surface area contributed by atoms with Crippen LogP contribution in [-0.2, 0) is 26.2 Å². The predicted molar refractivity (Wildman–Crippen MR) is 203 cm³/mol. The fourth-order valence-corrected chi connectivity index (χ4v) is 7.74. The van der Waals surface area contributed by atoms with E-state index in [1.54, 1.807) is 0 Å². The van der Waals surface area contributed by atoms with Crippen molar-refractivity contribution in [1.29, 1.82) is 0 Å². The molecule has 0 aromatic carbocycles. The molecule has 0 aliphatic carbocycles. The number of unbranched alkanes of at least 4 members (excludes halogenated alkanes) is 4. The van der Waals surface area contributed by atoms with Crippen molar-refractivity contribution in [1.82, 2.24) is 25.3 Å². The lowest BCUT2D eigenvalue weighted by molar-refractivity contribution is -0.137. The van der Waals surface area contributed by atoms with E-state index >= 15 is 0 Å². The number of fused-ring (bicyclic) bond motifs is 8. The van der Waals surface area contributed by atoms with E-state index in [2.05, 4.69) is 48.2 Å². The van der Waals surface area contributed by atoms with Crippen molar-refractivity contribution in [2.24, 2.45) is 0 Å². The third-order valence-corrected chi connectivity index (χ3v) is 10.7. The van der Waals surface area contributed by atoms with E-state index in [0.717, 1.165) is 86.2 Å². The lowest BCUT2D eigenvalue weighted by Crippen LogP contribution is -2.35. The first-order chi connectivity index (χ1) is 24.3. The van der Waals surface area contributed by atoms with Crippen LogP contribution in [0.15, 0.2) is 30.3 Å². The first-order valence-corrected chi connectivity index (χ1v) is 18.5. The van der Waals surface area contributed by atoms with Gasteiger partial charge in [-0.3, -0.25) is 19.4 Å². The van der Waals surface area contributed by atoms with Crippen LogP contribution >= 0.6 is 0 Å². The number of aromatic amines is 2. The van der Waals surface area contributed by atoms with Gasteiger partial charge in [-0.05, 0) is 105 Å². The summed E-state index contributed by atoms with van der Waals surface area (Å²) >= 11 is 0. The molecule has 0 spiro atoms. The highest BCUT2D eigenvalue weighted by Crippen LogP contribution is 2.48. The molecule has 2 aliphatic rings. The van der Waals surface area contributed by atoms with E-state index in [4.69, 9.17) is 9.97 Å². The topological polar surface area (TPSA) is 161 Å². The van der Waals surface area contributed by atoms with Crippen LogP contribution < -0.4 is 5.32 Å². The van der Waals surface area contributed by atoms with Gasteiger partial charge in [-0.2, -0.15) is 0 Å². The molecular weight excluding hydrogens is 642 g/mol. The number of carbonyl (C=O) groups excluding carboxylic acids is 1. The standard InChI is InChI=1S/C41H53N5O5/c1-7-9-10-11-12-13-30-36-20-31-24(3)18-27(43-31)19-32-25(4)28(14-16-39(48)49)34(44-32)21-35-29(15-17-40(50)51)26(5)33(45-35)22-37(46-36)41(30,6)23-38(47)42-8-2/h18-22,30,43,45H,7-17,23H2,1-6H3,(H,42,47)(H,48,49)(H,50,51)/t30?,41-/m1/s1. The molecule has 10 nitrogen and oxygen atoms in total. The van der Waals surface area contributed by atoms with E-state index < -0.39 is 17.4 Å². The minimum atomic E-state index is -0.890. The Kier molecular flexibility index (Phi) is 11.8. The van der Waals surface area contributed by atoms with Gasteiger partial charge in [0.25, 0.3) is 0 Å². The fourth-order valence-electron chi connectivity index (χ4n) is 7.74. The summed E-state index contributed by atoms with van der Waals surface area (Å²) < 4.78 is 0. The quantitative estimate of drug-likeness (QED) is 0.0994. The van der Waals surface area contributed by atoms with Crippen LogP contribution in [0, 0.1) is 13.8 Å². The molecular formula is C41H53N5O5. The Morgan fingerprint density at radius 2 is 1.55 bits per heavy atom. The number of nitrogens with one attached hydrogen (secondary N) is 3. The second kappa shape index (κ2) is 16.1. The van der Waals surface area contributed by atoms with E-state index in [0.29, 0.717) is 25.1 Å². The maximum Gasteiger partial charge on any atom is 0.303 e. The molecule has 0 radical (unpaired) electrons. The minimum absolute atomic E-state index is 0.00416. The third kappa shape index (κ3) is 8.43. The van der Waals surface area contributed by atoms with Crippen molar-refractivity contribution in [3.05, 3.63) is 69.8 Å². The van der Waals surface area contributed by atoms with Crippen LogP contribution in [0.4, 0.5) is 0 Å². The molecule has 3 aromatic heterocycles. The maximum absolute atomic E-state index is 13.4. The number of hydrogen-bond acceptors (Lipinski definition) is 5. The number of rotatable bonds is 15. The van der Waals surface area contributed by atoms with Crippen LogP contribution in [0.1, 0.15) is 137 Å². The number of allylic oxidation sites excluding steroid dienone is 2. The second-order valence-corrected chi connectivity index (χ2v) is 14.5. The molecule has 5 rings (SSSR count). The molecule has 3 aromatic rings. The monoisotopic (exact) mass is 695 g/mol. The summed E-state index contributed by atoms with van der Waals surface area (Å²) in [7, 11) is 0. The molecule has 51 heavy (non-hydrogen) atoms. The first-order valence-electron chi connectivity index (χ1n) is 18.5. The minimum Gasteiger partial charge on any atom is -0.481 e. The first kappa shape index (κ1) is 37.5. The molecule has 272 valence electrons. The molecule has 8 bridgehead atoms. The van der Waals surface area contributed by atoms with Crippen molar-refractivity contribution < 1.29 is 24.6 Å². The average Bonchev–Trinajstić information content (AvgIpc) is 3.72. The fraction of sp³-hybridized carbons (Fsp3) is 0.488. The summed E-state index contributed by atoms with van der Waals surface area (Å²) in [4.78, 5) is 54.3. The van der Waals surface area contributed by atoms with Gasteiger partial charge in [0, 0.05) is 70.6 Å². The molecule has 5 heterocycles. The number of aliphatic carboxylic acids is 2. The Morgan fingerprint density at radius 1 is 0.824 bits per heavy atom. The highest BCUT2D eigenvalue weighted by atomic mass is 16.4. The number of aromatic nitrogens is 4. The van der Waals surface area contributed by atoms with Gasteiger partial charge < -0.3 is 25.5 Å². The third-order valence-electron chi connectivity index (χ3n) is 10.7. The van der Waals surface area contributed by atoms with Crippen LogP contribution in [0.25, 0.3) is 33.2 Å². The van der Waals surface area contributed by atoms with E-state index in [9.17, 15) is 24.6 Å². The SMILES string of the molecule is CCCCCCCC1c2cc3[nH]c(cc4nc(cc5[nH]c(cc(n2)[C@]1(C)CC(=O)NCC)c(C)c5CCC(=O)O)C(CCC(=O)O)=C4C)cc3C. The van der Waals surface area contributed by atoms with Gasteiger partial charge in [0.15, 0.2) is 0 Å². The Bertz CT molecular complexity index is 2000. The van der Waals surface area contributed by atoms with Crippen molar-refractivity contribution >= 4 is 51.1 Å². The Hall–Kier alpha value is -4.73. The molecule has 2 atom stereocenters. The van der Waals surface area contributed by atoms with Crippen molar-refractivity contribution in [3.8, 4) is 0 Å². The van der Waals surface area contributed by atoms with E-state index in [1.165, 1.54) is 19.3 Å². The Balaban J connectivity index is 1.83. The van der Waals surface area contributed by atoms with Gasteiger partial charge in [-0.25, -0.2) is 4.98 Å². The maximum atomic E-state index is 13.4. The lowest BCUT2D eigenvalue weighted by Gasteiger charge is -2.31. The van der Waals surface area contributed by atoms with Gasteiger partial charge in [-0.15, -0.1) is 0 Å². The van der Waals surface area contributed by atoms with Gasteiger partial charge in [0.2, 0.25) is 5.91 Å². The van der Waals surface area contributed by atoms with Gasteiger partial charge in [0.05, 0.1) is 11.4 Å². The van der Waals surface area contributed by atoms with E-state index in [-0.39, 0.29) is 31.1 Å². The number of carbonyl (C=O) groups is 3. The van der Waals surface area contributed by atoms with Crippen LogP contribution in [0.5, 0.6) is 0 Å². The number of carboxylic acids is 2. The molecule has 10 heteroatoms. The molecule has 0 saturated carbocycles. The molecule has 2 aliphatic heterocycles. The molecule has 1 unspecified atom stereocenters. The predicted octanol–water partition coefficient (Wildman–Crippen LogP) is 8.67. The average molecular weight is 696 g/mol. The smallest absolute Gasteiger partial charge is 0.303 e. The van der Waals surface area contributed by atoms with E-state index in [1.807, 2.05) is 39.0 Å². The highest BCUT2D eigenvalue weighted by molar-refractivity contribution is 5.93. The Morgan fingerprint density at radius 3 is 2.25 bits per heavy atom. The number of nitrogens with zero attached hydrogens (tertiary/aromatic N) is 2. The van der Waals surface area contributed by atoms with Gasteiger partial charge in [-0.1, -0.05) is 46.0 Å². The normalized spacial score (nSPS) is 17.2. The van der Waals surface area contributed by atoms with Crippen molar-refractivity contribution in [2.45, 2.75) is 124 Å². The van der Waals surface area contributed by atoms with Crippen LogP contribution in [0.3, 0.4) is 0 Å². The summed E-state index contributed by atoms with van der Waals surface area (Å²) in [6, 6.07) is 10.2. The number of hydrogen-bond donors (Lipinski definition) is 5. The zero-order chi connectivity index (χ0) is 36.9. The van der Waals surface area contributed by atoms with Crippen molar-refractivity contribution in [2.75, 3.05) is 6.54 Å². The van der Waals surface area contributed by atoms with Gasteiger partial charge >= 0.3 is 11.9 Å². The molecule has 5 N–H and O–H groups in total. The van der Waals surface area contributed by atoms with Crippen LogP contribution in [0.2, 0.25) is 0 Å². The zero-order valence-corrected chi connectivity index (χ0v) is 31.0. The zero-order valence-electron chi connectivity index (χ0n) is 31.0. The lowest BCUT2D eigenvalue weighted by atomic mass is 9.70. The number of carboxylic acid groups (broad SMARTS) is 2. The highest BCUT2D eigenvalue weighted by Gasteiger charge is 2.44. The van der Waals surface area contributed by atoms with Crippen LogP contribution in [-0.4, -0.2) is 54.5 Å². The summed E-state index contributed by atoms with van der Waals surface area (Å²) in [6.07, 6.45) is 7.43. The van der Waals surface area contributed by atoms with Crippen molar-refractivity contribution in [3.63, 3.8) is 0 Å². The summed E-state index contributed by atoms with van der Waals surface area (Å²) in [5, 5.41) is 22.2. The summed E-state index contributed by atoms with van der Waals surface area (Å²) in [5.41, 5.74) is 10.5. The Labute approximate surface area is 300 Å². The summed E-state index contributed by atoms with van der Waals surface area (Å²) in [5.74, 6) is -1.79. The largest absolute Gasteiger partial charge is 0.481 e. The van der Waals surface area contributed by atoms with Gasteiger partial charge in [0.1, 0.15) is 0 Å². The molecule has 0 fully saturated rings. The number of H-pyrrole nitrogens is 2. The molecule has 1 amide bonds.